The molecule has 0 radical (unpaired) electrons. The number of methoxy groups -OCH3 is 1. The van der Waals surface area contributed by atoms with Crippen molar-refractivity contribution in [3.63, 3.8) is 0 Å². The second-order valence-electron chi connectivity index (χ2n) is 6.58. The predicted molar refractivity (Wildman–Crippen MR) is 129 cm³/mol. The van der Waals surface area contributed by atoms with Crippen LogP contribution in [0, 0.1) is 60.2 Å². The van der Waals surface area contributed by atoms with Crippen LogP contribution < -0.4 is 0 Å². The first-order chi connectivity index (χ1) is 16.1. The Bertz CT molecular complexity index is 1460. The molecule has 4 rings (SSSR count). The van der Waals surface area contributed by atoms with Crippen molar-refractivity contribution in [2.24, 2.45) is 0 Å². The molecule has 158 valence electrons. The molecule has 2 aromatic heterocycles. The Morgan fingerprint density at radius 1 is 1.12 bits per heavy atom. The number of rotatable bonds is 2. The van der Waals surface area contributed by atoms with Gasteiger partial charge in [0.15, 0.2) is 0 Å². The molecule has 0 saturated carbocycles. The third kappa shape index (κ3) is 5.37. The van der Waals surface area contributed by atoms with Crippen LogP contribution in [0.2, 0.25) is 5.28 Å². The normalized spacial score (nSPS) is 10.3. The Labute approximate surface area is 197 Å². The minimum absolute atomic E-state index is 0.111. The van der Waals surface area contributed by atoms with Crippen LogP contribution in [-0.4, -0.2) is 27.6 Å². The fourth-order valence-corrected chi connectivity index (χ4v) is 3.60. The second kappa shape index (κ2) is 11.1. The zero-order valence-electron chi connectivity index (χ0n) is 17.7. The van der Waals surface area contributed by atoms with Crippen LogP contribution in [0.4, 0.5) is 0 Å². The number of halogens is 1. The lowest BCUT2D eigenvalue weighted by Gasteiger charge is -2.14. The van der Waals surface area contributed by atoms with E-state index in [0.29, 0.717) is 11.3 Å². The molecule has 1 aromatic carbocycles. The maximum Gasteiger partial charge on any atom is 0.341 e. The Hall–Kier alpha value is -4.60. The highest BCUT2D eigenvalue weighted by Crippen LogP contribution is 2.36. The Morgan fingerprint density at radius 3 is 2.48 bits per heavy atom. The minimum Gasteiger partial charge on any atom is -0.465 e. The molecule has 0 atom stereocenters. The van der Waals surface area contributed by atoms with Crippen LogP contribution in [0.5, 0.6) is 0 Å². The number of para-hydroxylation sites is 1. The van der Waals surface area contributed by atoms with E-state index in [2.05, 4.69) is 68.0 Å². The number of carbonyl (C=O) groups is 1. The van der Waals surface area contributed by atoms with Crippen molar-refractivity contribution in [1.82, 2.24) is 14.5 Å². The van der Waals surface area contributed by atoms with E-state index in [1.165, 1.54) is 24.4 Å². The molecule has 0 fully saturated rings. The van der Waals surface area contributed by atoms with Crippen LogP contribution in [0.25, 0.3) is 22.2 Å². The number of carbonyl (C=O) groups excluding carboxylic acids is 1. The van der Waals surface area contributed by atoms with Gasteiger partial charge in [-0.25, -0.2) is 14.8 Å². The number of aromatic nitrogens is 3. The van der Waals surface area contributed by atoms with E-state index in [4.69, 9.17) is 29.2 Å². The molecule has 0 N–H and O–H groups in total. The molecule has 0 aliphatic carbocycles. The van der Waals surface area contributed by atoms with Gasteiger partial charge >= 0.3 is 5.97 Å². The number of nitrogens with zero attached hydrogens (tertiary/aromatic N) is 3. The maximum atomic E-state index is 12.1. The molecule has 0 unspecified atom stereocenters. The smallest absolute Gasteiger partial charge is 0.341 e. The summed E-state index contributed by atoms with van der Waals surface area (Å²) in [6.07, 6.45) is 15.2. The van der Waals surface area contributed by atoms with E-state index in [-0.39, 0.29) is 5.28 Å². The van der Waals surface area contributed by atoms with Gasteiger partial charge in [-0.1, -0.05) is 18.2 Å². The first-order valence-electron chi connectivity index (χ1n) is 9.73. The summed E-state index contributed by atoms with van der Waals surface area (Å²) in [4.78, 5) is 20.3. The highest BCUT2D eigenvalue weighted by atomic mass is 35.5. The quantitative estimate of drug-likeness (QED) is 0.340. The van der Waals surface area contributed by atoms with E-state index in [0.717, 1.165) is 30.3 Å². The lowest BCUT2D eigenvalue weighted by molar-refractivity contribution is 0.0600. The van der Waals surface area contributed by atoms with Crippen LogP contribution in [0.15, 0.2) is 30.6 Å². The van der Waals surface area contributed by atoms with Crippen molar-refractivity contribution in [3.05, 3.63) is 47.0 Å². The zero-order valence-corrected chi connectivity index (χ0v) is 18.5. The summed E-state index contributed by atoms with van der Waals surface area (Å²) in [5.41, 5.74) is 4.24. The third-order valence-corrected chi connectivity index (χ3v) is 4.89. The highest BCUT2D eigenvalue weighted by Gasteiger charge is 2.22. The number of aryl methyl sites for hydroxylation is 2. The van der Waals surface area contributed by atoms with E-state index in [1.54, 1.807) is 0 Å². The molecule has 33 heavy (non-hydrogen) atoms. The van der Waals surface area contributed by atoms with E-state index in [1.807, 2.05) is 18.3 Å². The number of benzene rings is 1. The summed E-state index contributed by atoms with van der Waals surface area (Å²) < 4.78 is 7.07. The minimum atomic E-state index is -0.469. The van der Waals surface area contributed by atoms with E-state index in [9.17, 15) is 4.79 Å². The molecule has 0 bridgehead atoms. The lowest BCUT2D eigenvalue weighted by Crippen LogP contribution is -2.06. The van der Waals surface area contributed by atoms with Crippen molar-refractivity contribution in [3.8, 4) is 71.5 Å². The molecule has 3 heterocycles. The first-order valence-corrected chi connectivity index (χ1v) is 10.1. The molecule has 1 aliphatic heterocycles. The second-order valence-corrected chi connectivity index (χ2v) is 6.92. The highest BCUT2D eigenvalue weighted by molar-refractivity contribution is 6.28. The van der Waals surface area contributed by atoms with Crippen molar-refractivity contribution in [1.29, 1.82) is 0 Å². The zero-order chi connectivity index (χ0) is 23.6. The number of hydrogen-bond acceptors (Lipinski definition) is 4. The van der Waals surface area contributed by atoms with Gasteiger partial charge in [0.1, 0.15) is 5.56 Å². The van der Waals surface area contributed by atoms with E-state index < -0.39 is 5.97 Å². The summed E-state index contributed by atoms with van der Waals surface area (Å²) in [5, 5.41) is 1.18. The summed E-state index contributed by atoms with van der Waals surface area (Å²) in [7, 11) is 1.34. The van der Waals surface area contributed by atoms with Gasteiger partial charge in [-0.2, -0.15) is 0 Å². The maximum absolute atomic E-state index is 12.1. The average molecular weight is 450 g/mol. The van der Waals surface area contributed by atoms with Gasteiger partial charge in [-0.3, -0.25) is 0 Å². The lowest BCUT2D eigenvalue weighted by atomic mass is 10.0. The fourth-order valence-electron chi connectivity index (χ4n) is 3.47. The van der Waals surface area contributed by atoms with Gasteiger partial charge in [0.25, 0.3) is 0 Å². The number of terminal acetylenes is 2. The SMILES string of the molecule is C#CC#CC#CC#CC#C.COC(=O)c1cnc(Cl)nc1-c1cn2c3c(cccc13)CCC2. The average Bonchev–Trinajstić information content (AvgIpc) is 3.22. The van der Waals surface area contributed by atoms with Crippen molar-refractivity contribution in [2.45, 2.75) is 19.4 Å². The van der Waals surface area contributed by atoms with Crippen LogP contribution in [-0.2, 0) is 17.7 Å². The third-order valence-electron chi connectivity index (χ3n) is 4.70. The summed E-state index contributed by atoms with van der Waals surface area (Å²) >= 11 is 5.97. The topological polar surface area (TPSA) is 57.0 Å². The van der Waals surface area contributed by atoms with Crippen LogP contribution in [0.1, 0.15) is 22.3 Å². The molecular weight excluding hydrogens is 434 g/mol. The summed E-state index contributed by atoms with van der Waals surface area (Å²) in [6.45, 7) is 0.958. The number of ether oxygens (including phenoxy) is 1. The van der Waals surface area contributed by atoms with Gasteiger partial charge in [0.05, 0.1) is 18.3 Å². The monoisotopic (exact) mass is 449 g/mol. The summed E-state index contributed by atoms with van der Waals surface area (Å²) in [6, 6.07) is 6.24. The van der Waals surface area contributed by atoms with Crippen LogP contribution in [0.3, 0.4) is 0 Å². The molecule has 1 aliphatic rings. The Kier molecular flexibility index (Phi) is 7.79. The molecule has 5 nitrogen and oxygen atoms in total. The standard InChI is InChI=1S/C17H14ClN3O2.C10H2/c1-23-16(22)12-8-19-17(18)20-14(12)13-9-21-7-3-5-10-4-2-6-11(13)15(10)21;1-3-5-7-9-10-8-6-4-2/h2,4,6,8-9H,3,5,7H2,1H3;1-2H. The van der Waals surface area contributed by atoms with Crippen LogP contribution >= 0.6 is 11.6 Å². The molecule has 0 saturated heterocycles. The fraction of sp³-hybridized carbons (Fsp3) is 0.148. The van der Waals surface area contributed by atoms with Crippen molar-refractivity contribution < 1.29 is 9.53 Å². The predicted octanol–water partition coefficient (Wildman–Crippen LogP) is 3.75. The van der Waals surface area contributed by atoms with Gasteiger partial charge in [-0.15, -0.1) is 12.8 Å². The van der Waals surface area contributed by atoms with Gasteiger partial charge in [-0.05, 0) is 77.4 Å². The van der Waals surface area contributed by atoms with E-state index >= 15 is 0 Å². The largest absolute Gasteiger partial charge is 0.465 e. The Balaban J connectivity index is 0.000000262. The van der Waals surface area contributed by atoms with Gasteiger partial charge in [0.2, 0.25) is 5.28 Å². The molecule has 0 spiro atoms. The number of hydrogen-bond donors (Lipinski definition) is 0. The molecule has 6 heteroatoms. The molecular formula is C27H16ClN3O2. The molecule has 0 amide bonds. The van der Waals surface area contributed by atoms with Gasteiger partial charge < -0.3 is 9.30 Å². The Morgan fingerprint density at radius 2 is 1.82 bits per heavy atom. The van der Waals surface area contributed by atoms with Crippen molar-refractivity contribution >= 4 is 28.5 Å². The van der Waals surface area contributed by atoms with Crippen molar-refractivity contribution in [2.75, 3.05) is 7.11 Å². The molecule has 3 aromatic rings. The number of esters is 1. The first kappa shape index (κ1) is 23.1. The van der Waals surface area contributed by atoms with Gasteiger partial charge in [0, 0.05) is 29.9 Å². The summed E-state index contributed by atoms with van der Waals surface area (Å²) in [5.74, 6) is 17.9.